The van der Waals surface area contributed by atoms with Gasteiger partial charge in [-0.3, -0.25) is 9.59 Å². The molecule has 1 unspecified atom stereocenters. The first-order valence-electron chi connectivity index (χ1n) is 9.47. The Balaban J connectivity index is 1.84. The zero-order valence-corrected chi connectivity index (χ0v) is 16.3. The van der Waals surface area contributed by atoms with Crippen LogP contribution in [0, 0.1) is 12.8 Å². The van der Waals surface area contributed by atoms with Gasteiger partial charge in [0.1, 0.15) is 0 Å². The van der Waals surface area contributed by atoms with Crippen LogP contribution in [0.3, 0.4) is 0 Å². The molecule has 0 aliphatic rings. The number of carbonyl (C=O) groups is 2. The minimum atomic E-state index is -0.737. The van der Waals surface area contributed by atoms with E-state index in [2.05, 4.69) is 0 Å². The van der Waals surface area contributed by atoms with E-state index in [9.17, 15) is 9.59 Å². The first-order chi connectivity index (χ1) is 13.5. The molecule has 1 atom stereocenters. The average Bonchev–Trinajstić information content (AvgIpc) is 2.73. The molecule has 0 aliphatic heterocycles. The Morgan fingerprint density at radius 3 is 1.82 bits per heavy atom. The number of hydrogen-bond donors (Lipinski definition) is 0. The fraction of sp³-hybridized carbons (Fsp3) is 0.200. The van der Waals surface area contributed by atoms with E-state index in [1.807, 2.05) is 79.5 Å². The summed E-state index contributed by atoms with van der Waals surface area (Å²) in [6.45, 7) is 3.03. The highest BCUT2D eigenvalue weighted by Crippen LogP contribution is 2.18. The molecule has 0 saturated carbocycles. The van der Waals surface area contributed by atoms with E-state index in [1.165, 1.54) is 0 Å². The maximum Gasteiger partial charge on any atom is 0.174 e. The Hall–Kier alpha value is -3.04. The molecule has 0 saturated heterocycles. The van der Waals surface area contributed by atoms with Crippen molar-refractivity contribution < 1.29 is 9.59 Å². The number of hydrogen-bond acceptors (Lipinski definition) is 3. The zero-order chi connectivity index (χ0) is 19.9. The lowest BCUT2D eigenvalue weighted by atomic mass is 9.89. The molecule has 0 fully saturated rings. The summed E-state index contributed by atoms with van der Waals surface area (Å²) < 4.78 is 0. The van der Waals surface area contributed by atoms with Crippen molar-refractivity contribution in [3.8, 4) is 0 Å². The molecular weight excluding hydrogens is 346 g/mol. The molecule has 3 nitrogen and oxygen atoms in total. The Kier molecular flexibility index (Phi) is 6.51. The van der Waals surface area contributed by atoms with E-state index >= 15 is 0 Å². The lowest BCUT2D eigenvalue weighted by molar-refractivity contribution is 0.0770. The quantitative estimate of drug-likeness (QED) is 0.421. The fourth-order valence-electron chi connectivity index (χ4n) is 3.28. The zero-order valence-electron chi connectivity index (χ0n) is 16.3. The van der Waals surface area contributed by atoms with Crippen molar-refractivity contribution in [3.63, 3.8) is 0 Å². The molecule has 3 aromatic carbocycles. The van der Waals surface area contributed by atoms with Crippen LogP contribution in [0.5, 0.6) is 0 Å². The van der Waals surface area contributed by atoms with Crippen LogP contribution in [-0.4, -0.2) is 30.1 Å². The predicted molar refractivity (Wildman–Crippen MR) is 113 cm³/mol. The average molecular weight is 371 g/mol. The van der Waals surface area contributed by atoms with E-state index in [1.54, 1.807) is 24.3 Å². The van der Waals surface area contributed by atoms with Crippen molar-refractivity contribution in [1.29, 1.82) is 0 Å². The Morgan fingerprint density at radius 2 is 1.25 bits per heavy atom. The van der Waals surface area contributed by atoms with E-state index in [0.717, 1.165) is 11.1 Å². The van der Waals surface area contributed by atoms with Crippen LogP contribution in [0.2, 0.25) is 0 Å². The van der Waals surface area contributed by atoms with Gasteiger partial charge in [-0.05, 0) is 19.5 Å². The molecule has 3 heteroatoms. The molecule has 0 bridgehead atoms. The minimum Gasteiger partial charge on any atom is -0.301 e. The lowest BCUT2D eigenvalue weighted by Gasteiger charge is -2.23. The lowest BCUT2D eigenvalue weighted by Crippen LogP contribution is -2.35. The van der Waals surface area contributed by atoms with Crippen LogP contribution in [0.4, 0.5) is 0 Å². The van der Waals surface area contributed by atoms with Gasteiger partial charge in [-0.2, -0.15) is 0 Å². The van der Waals surface area contributed by atoms with Crippen LogP contribution >= 0.6 is 0 Å². The van der Waals surface area contributed by atoms with Gasteiger partial charge in [-0.25, -0.2) is 0 Å². The summed E-state index contributed by atoms with van der Waals surface area (Å²) in [6.07, 6.45) is 0. The second-order valence-corrected chi connectivity index (χ2v) is 7.20. The SMILES string of the molecule is Cc1ccc(C(=O)C(CN(C)Cc2ccccc2)C(=O)c2ccccc2)cc1. The van der Waals surface area contributed by atoms with Gasteiger partial charge in [0.2, 0.25) is 0 Å². The minimum absolute atomic E-state index is 0.131. The van der Waals surface area contributed by atoms with Crippen molar-refractivity contribution in [1.82, 2.24) is 4.90 Å². The molecule has 0 aromatic heterocycles. The summed E-state index contributed by atoms with van der Waals surface area (Å²) in [7, 11) is 1.95. The van der Waals surface area contributed by atoms with Crippen molar-refractivity contribution in [3.05, 3.63) is 107 Å². The van der Waals surface area contributed by atoms with Crippen molar-refractivity contribution >= 4 is 11.6 Å². The van der Waals surface area contributed by atoms with Gasteiger partial charge in [0.25, 0.3) is 0 Å². The summed E-state index contributed by atoms with van der Waals surface area (Å²) in [5, 5.41) is 0. The monoisotopic (exact) mass is 371 g/mol. The standard InChI is InChI=1S/C25H25NO2/c1-19-13-15-22(16-14-19)25(28)23(24(27)21-11-7-4-8-12-21)18-26(2)17-20-9-5-3-6-10-20/h3-16,23H,17-18H2,1-2H3. The number of aryl methyl sites for hydroxylation is 1. The Bertz CT molecular complexity index is 918. The molecule has 3 rings (SSSR count). The second-order valence-electron chi connectivity index (χ2n) is 7.20. The maximum absolute atomic E-state index is 13.2. The third-order valence-corrected chi connectivity index (χ3v) is 4.82. The first-order valence-corrected chi connectivity index (χ1v) is 9.47. The van der Waals surface area contributed by atoms with Crippen molar-refractivity contribution in [2.24, 2.45) is 5.92 Å². The molecule has 0 spiro atoms. The number of benzene rings is 3. The first kappa shape index (κ1) is 19.7. The van der Waals surface area contributed by atoms with E-state index in [4.69, 9.17) is 0 Å². The highest BCUT2D eigenvalue weighted by atomic mass is 16.2. The van der Waals surface area contributed by atoms with Crippen LogP contribution in [0.15, 0.2) is 84.9 Å². The summed E-state index contributed by atoms with van der Waals surface area (Å²) in [6, 6.07) is 26.6. The molecule has 3 aromatic rings. The fourth-order valence-corrected chi connectivity index (χ4v) is 3.28. The van der Waals surface area contributed by atoms with Gasteiger partial charge in [-0.1, -0.05) is 90.5 Å². The van der Waals surface area contributed by atoms with Gasteiger partial charge < -0.3 is 4.90 Å². The number of carbonyl (C=O) groups excluding carboxylic acids is 2. The van der Waals surface area contributed by atoms with Gasteiger partial charge in [-0.15, -0.1) is 0 Å². The normalized spacial score (nSPS) is 12.0. The predicted octanol–water partition coefficient (Wildman–Crippen LogP) is 4.81. The summed E-state index contributed by atoms with van der Waals surface area (Å²) in [5.74, 6) is -1.00. The van der Waals surface area contributed by atoms with Crippen molar-refractivity contribution in [2.45, 2.75) is 13.5 Å². The van der Waals surface area contributed by atoms with E-state index < -0.39 is 5.92 Å². The van der Waals surface area contributed by atoms with Crippen LogP contribution in [0.1, 0.15) is 31.8 Å². The van der Waals surface area contributed by atoms with Crippen LogP contribution in [-0.2, 0) is 6.54 Å². The topological polar surface area (TPSA) is 37.4 Å². The molecule has 0 radical (unpaired) electrons. The van der Waals surface area contributed by atoms with Gasteiger partial charge in [0.05, 0.1) is 5.92 Å². The van der Waals surface area contributed by atoms with E-state index in [-0.39, 0.29) is 11.6 Å². The number of nitrogens with zero attached hydrogens (tertiary/aromatic N) is 1. The van der Waals surface area contributed by atoms with Gasteiger partial charge in [0.15, 0.2) is 11.6 Å². The van der Waals surface area contributed by atoms with Crippen molar-refractivity contribution in [2.75, 3.05) is 13.6 Å². The molecular formula is C25H25NO2. The highest BCUT2D eigenvalue weighted by molar-refractivity contribution is 6.16. The van der Waals surface area contributed by atoms with Gasteiger partial charge >= 0.3 is 0 Å². The third-order valence-electron chi connectivity index (χ3n) is 4.82. The van der Waals surface area contributed by atoms with Crippen LogP contribution in [0.25, 0.3) is 0 Å². The molecule has 0 N–H and O–H groups in total. The molecule has 0 aliphatic carbocycles. The smallest absolute Gasteiger partial charge is 0.174 e. The second kappa shape index (κ2) is 9.25. The third kappa shape index (κ3) is 5.02. The summed E-state index contributed by atoms with van der Waals surface area (Å²) in [4.78, 5) is 28.4. The Labute approximate surface area is 166 Å². The summed E-state index contributed by atoms with van der Waals surface area (Å²) in [5.41, 5.74) is 3.39. The summed E-state index contributed by atoms with van der Waals surface area (Å²) >= 11 is 0. The highest BCUT2D eigenvalue weighted by Gasteiger charge is 2.29. The number of rotatable bonds is 8. The maximum atomic E-state index is 13.2. The van der Waals surface area contributed by atoms with E-state index in [0.29, 0.717) is 24.2 Å². The largest absolute Gasteiger partial charge is 0.301 e. The number of Topliss-reactive ketones (excluding diaryl/α,β-unsaturated/α-hetero) is 2. The molecule has 142 valence electrons. The Morgan fingerprint density at radius 1 is 0.750 bits per heavy atom. The molecule has 0 amide bonds. The number of ketones is 2. The molecule has 0 heterocycles. The van der Waals surface area contributed by atoms with Crippen LogP contribution < -0.4 is 0 Å². The van der Waals surface area contributed by atoms with Gasteiger partial charge in [0, 0.05) is 24.2 Å². The molecule has 28 heavy (non-hydrogen) atoms.